The Morgan fingerprint density at radius 1 is 0.700 bits per heavy atom. The van der Waals surface area contributed by atoms with E-state index < -0.39 is 0 Å². The van der Waals surface area contributed by atoms with Gasteiger partial charge in [-0.3, -0.25) is 4.39 Å². The summed E-state index contributed by atoms with van der Waals surface area (Å²) in [6.45, 7) is -0.242. The van der Waals surface area contributed by atoms with E-state index in [-0.39, 0.29) is 6.67 Å². The highest BCUT2D eigenvalue weighted by Crippen LogP contribution is 2.34. The molecule has 0 radical (unpaired) electrons. The SMILES string of the molecule is N#CCCCC[C@H]1CC[C@H](CCc2ccc(-c3ccc(CCCF)cc3)cc2)CC1. The largest absolute Gasteiger partial charge is 0.251 e. The topological polar surface area (TPSA) is 23.8 Å². The van der Waals surface area contributed by atoms with Gasteiger partial charge < -0.3 is 0 Å². The van der Waals surface area contributed by atoms with Crippen molar-refractivity contribution in [2.45, 2.75) is 77.0 Å². The number of hydrogen-bond acceptors (Lipinski definition) is 1. The zero-order chi connectivity index (χ0) is 21.0. The summed E-state index contributed by atoms with van der Waals surface area (Å²) >= 11 is 0. The maximum Gasteiger partial charge on any atom is 0.0897 e. The van der Waals surface area contributed by atoms with E-state index in [1.165, 1.54) is 73.6 Å². The monoisotopic (exact) mass is 405 g/mol. The van der Waals surface area contributed by atoms with E-state index in [0.29, 0.717) is 6.42 Å². The van der Waals surface area contributed by atoms with Gasteiger partial charge in [0.25, 0.3) is 0 Å². The lowest BCUT2D eigenvalue weighted by molar-refractivity contribution is 0.249. The van der Waals surface area contributed by atoms with Crippen molar-refractivity contribution in [1.29, 1.82) is 5.26 Å². The molecule has 0 bridgehead atoms. The van der Waals surface area contributed by atoms with Crippen LogP contribution in [-0.4, -0.2) is 6.67 Å². The van der Waals surface area contributed by atoms with Crippen molar-refractivity contribution in [2.75, 3.05) is 6.67 Å². The van der Waals surface area contributed by atoms with Crippen LogP contribution in [0.4, 0.5) is 4.39 Å². The molecule has 3 rings (SSSR count). The molecular formula is C28H36FN. The Morgan fingerprint density at radius 2 is 1.23 bits per heavy atom. The van der Waals surface area contributed by atoms with Crippen LogP contribution < -0.4 is 0 Å². The highest BCUT2D eigenvalue weighted by Gasteiger charge is 2.20. The predicted molar refractivity (Wildman–Crippen MR) is 124 cm³/mol. The van der Waals surface area contributed by atoms with Crippen LogP contribution in [-0.2, 0) is 12.8 Å². The summed E-state index contributed by atoms with van der Waals surface area (Å²) in [6.07, 6.45) is 13.8. The van der Waals surface area contributed by atoms with Gasteiger partial charge in [-0.1, -0.05) is 87.1 Å². The minimum atomic E-state index is -0.242. The van der Waals surface area contributed by atoms with Crippen molar-refractivity contribution < 1.29 is 4.39 Å². The van der Waals surface area contributed by atoms with Gasteiger partial charge in [-0.2, -0.15) is 5.26 Å². The van der Waals surface area contributed by atoms with Gasteiger partial charge in [0.1, 0.15) is 0 Å². The van der Waals surface area contributed by atoms with E-state index in [4.69, 9.17) is 5.26 Å². The third-order valence-corrected chi connectivity index (χ3v) is 6.80. The van der Waals surface area contributed by atoms with E-state index >= 15 is 0 Å². The molecular weight excluding hydrogens is 369 g/mol. The zero-order valence-corrected chi connectivity index (χ0v) is 18.3. The molecule has 0 atom stereocenters. The summed E-state index contributed by atoms with van der Waals surface area (Å²) in [4.78, 5) is 0. The number of alkyl halides is 1. The first kappa shape index (κ1) is 22.5. The Bertz CT molecular complexity index is 764. The number of nitrogens with zero attached hydrogens (tertiary/aromatic N) is 1. The van der Waals surface area contributed by atoms with Gasteiger partial charge in [0.15, 0.2) is 0 Å². The molecule has 30 heavy (non-hydrogen) atoms. The fraction of sp³-hybridized carbons (Fsp3) is 0.536. The van der Waals surface area contributed by atoms with Gasteiger partial charge >= 0.3 is 0 Å². The number of rotatable bonds is 11. The van der Waals surface area contributed by atoms with Gasteiger partial charge in [-0.15, -0.1) is 0 Å². The molecule has 0 aromatic heterocycles. The number of unbranched alkanes of at least 4 members (excludes halogenated alkanes) is 2. The highest BCUT2D eigenvalue weighted by atomic mass is 19.1. The van der Waals surface area contributed by atoms with Gasteiger partial charge in [0.2, 0.25) is 0 Å². The van der Waals surface area contributed by atoms with Gasteiger partial charge in [0.05, 0.1) is 12.7 Å². The number of benzene rings is 2. The van der Waals surface area contributed by atoms with Gasteiger partial charge in [-0.05, 0) is 66.2 Å². The normalized spacial score (nSPS) is 18.8. The summed E-state index contributed by atoms with van der Waals surface area (Å²) in [7, 11) is 0. The standard InChI is InChI=1S/C28H36FN/c29-21-4-6-24-13-17-27(18-14-24)28-19-15-26(16-20-28)12-11-25-9-7-23(8-10-25)5-2-1-3-22-30/h13-20,23,25H,1-12,21H2/t23-,25-. The molecule has 2 aromatic carbocycles. The Kier molecular flexibility index (Phi) is 9.42. The van der Waals surface area contributed by atoms with Crippen molar-refractivity contribution in [1.82, 2.24) is 0 Å². The second kappa shape index (κ2) is 12.5. The van der Waals surface area contributed by atoms with Crippen LogP contribution in [0.1, 0.15) is 75.3 Å². The lowest BCUT2D eigenvalue weighted by Crippen LogP contribution is -2.15. The highest BCUT2D eigenvalue weighted by molar-refractivity contribution is 5.63. The molecule has 1 nitrogen and oxygen atoms in total. The molecule has 2 heteroatoms. The number of halogens is 1. The molecule has 1 fully saturated rings. The molecule has 0 heterocycles. The summed E-state index contributed by atoms with van der Waals surface area (Å²) in [5.41, 5.74) is 5.15. The van der Waals surface area contributed by atoms with E-state index in [1.54, 1.807) is 0 Å². The van der Waals surface area contributed by atoms with Crippen LogP contribution in [0.25, 0.3) is 11.1 Å². The Balaban J connectivity index is 1.39. The number of nitriles is 1. The number of aryl methyl sites for hydroxylation is 2. The van der Waals surface area contributed by atoms with Crippen LogP contribution in [0.2, 0.25) is 0 Å². The fourth-order valence-electron chi connectivity index (χ4n) is 4.82. The molecule has 0 aliphatic heterocycles. The van der Waals surface area contributed by atoms with Crippen molar-refractivity contribution in [2.24, 2.45) is 11.8 Å². The minimum absolute atomic E-state index is 0.242. The molecule has 0 saturated heterocycles. The van der Waals surface area contributed by atoms with Crippen molar-refractivity contribution in [3.05, 3.63) is 59.7 Å². The molecule has 0 spiro atoms. The first-order valence-electron chi connectivity index (χ1n) is 11.9. The van der Waals surface area contributed by atoms with Crippen molar-refractivity contribution in [3.8, 4) is 17.2 Å². The lowest BCUT2D eigenvalue weighted by atomic mass is 9.78. The molecule has 2 aromatic rings. The molecule has 1 aliphatic rings. The molecule has 0 N–H and O–H groups in total. The van der Waals surface area contributed by atoms with Gasteiger partial charge in [0, 0.05) is 6.42 Å². The van der Waals surface area contributed by atoms with Crippen LogP contribution in [0, 0.1) is 23.2 Å². The second-order valence-corrected chi connectivity index (χ2v) is 9.02. The molecule has 0 unspecified atom stereocenters. The smallest absolute Gasteiger partial charge is 0.0897 e. The fourth-order valence-corrected chi connectivity index (χ4v) is 4.82. The van der Waals surface area contributed by atoms with Crippen LogP contribution in [0.15, 0.2) is 48.5 Å². The summed E-state index contributed by atoms with van der Waals surface area (Å²) in [6, 6.07) is 19.9. The third kappa shape index (κ3) is 7.28. The molecule has 0 amide bonds. The van der Waals surface area contributed by atoms with E-state index in [1.807, 2.05) is 0 Å². The zero-order valence-electron chi connectivity index (χ0n) is 18.3. The molecule has 1 saturated carbocycles. The molecule has 160 valence electrons. The number of hydrogen-bond donors (Lipinski definition) is 0. The lowest BCUT2D eigenvalue weighted by Gasteiger charge is -2.28. The van der Waals surface area contributed by atoms with Crippen molar-refractivity contribution in [3.63, 3.8) is 0 Å². The van der Waals surface area contributed by atoms with E-state index in [9.17, 15) is 4.39 Å². The Labute approximate surface area is 182 Å². The van der Waals surface area contributed by atoms with Gasteiger partial charge in [-0.25, -0.2) is 0 Å². The second-order valence-electron chi connectivity index (χ2n) is 9.02. The summed E-state index contributed by atoms with van der Waals surface area (Å²) in [5, 5.41) is 8.64. The van der Waals surface area contributed by atoms with E-state index in [0.717, 1.165) is 31.1 Å². The van der Waals surface area contributed by atoms with E-state index in [2.05, 4.69) is 54.6 Å². The summed E-state index contributed by atoms with van der Waals surface area (Å²) < 4.78 is 12.3. The Hall–Kier alpha value is -2.14. The first-order valence-corrected chi connectivity index (χ1v) is 11.9. The quantitative estimate of drug-likeness (QED) is 0.347. The molecule has 1 aliphatic carbocycles. The average Bonchev–Trinajstić information content (AvgIpc) is 2.81. The maximum atomic E-state index is 12.3. The Morgan fingerprint density at radius 3 is 1.77 bits per heavy atom. The van der Waals surface area contributed by atoms with Crippen LogP contribution in [0.5, 0.6) is 0 Å². The van der Waals surface area contributed by atoms with Crippen LogP contribution in [0.3, 0.4) is 0 Å². The maximum absolute atomic E-state index is 12.3. The summed E-state index contributed by atoms with van der Waals surface area (Å²) in [5.74, 6) is 1.79. The predicted octanol–water partition coefficient (Wildman–Crippen LogP) is 8.08. The minimum Gasteiger partial charge on any atom is -0.251 e. The third-order valence-electron chi connectivity index (χ3n) is 6.80. The average molecular weight is 406 g/mol. The first-order chi connectivity index (χ1) is 14.8. The van der Waals surface area contributed by atoms with Crippen molar-refractivity contribution >= 4 is 0 Å². The van der Waals surface area contributed by atoms with Crippen LogP contribution >= 0.6 is 0 Å².